The number of nitrogen functional groups attached to an aromatic ring is 1. The molecule has 0 saturated carbocycles. The molecule has 76 valence electrons. The van der Waals surface area contributed by atoms with Crippen molar-refractivity contribution in [3.63, 3.8) is 0 Å². The highest BCUT2D eigenvalue weighted by atomic mass is 16.1. The molecule has 0 radical (unpaired) electrons. The van der Waals surface area contributed by atoms with Gasteiger partial charge in [-0.15, -0.1) is 0 Å². The van der Waals surface area contributed by atoms with Crippen molar-refractivity contribution in [1.29, 1.82) is 0 Å². The summed E-state index contributed by atoms with van der Waals surface area (Å²) in [5, 5.41) is 0. The zero-order chi connectivity index (χ0) is 10.8. The second-order valence-electron chi connectivity index (χ2n) is 3.51. The van der Waals surface area contributed by atoms with Gasteiger partial charge >= 0.3 is 0 Å². The highest BCUT2D eigenvalue weighted by Gasteiger charge is 1.99. The fourth-order valence-electron chi connectivity index (χ4n) is 1.41. The fraction of sp³-hybridized carbons (Fsp3) is 0.0833. The minimum Gasteiger partial charge on any atom is -0.398 e. The number of aromatic nitrogens is 1. The number of anilines is 1. The van der Waals surface area contributed by atoms with E-state index >= 15 is 0 Å². The number of pyridine rings is 1. The number of hydrogen-bond acceptors (Lipinski definition) is 2. The summed E-state index contributed by atoms with van der Waals surface area (Å²) in [6.07, 6.45) is 1.69. The molecule has 3 heteroatoms. The van der Waals surface area contributed by atoms with Gasteiger partial charge in [-0.25, -0.2) is 0 Å². The van der Waals surface area contributed by atoms with Crippen LogP contribution in [-0.4, -0.2) is 4.98 Å². The molecular weight excluding hydrogens is 188 g/mol. The lowest BCUT2D eigenvalue weighted by Gasteiger charge is -2.04. The third-order valence-electron chi connectivity index (χ3n) is 2.40. The van der Waals surface area contributed by atoms with E-state index in [9.17, 15) is 4.79 Å². The largest absolute Gasteiger partial charge is 0.398 e. The molecule has 0 bridgehead atoms. The number of aryl methyl sites for hydroxylation is 1. The summed E-state index contributed by atoms with van der Waals surface area (Å²) in [5.74, 6) is 0. The minimum atomic E-state index is -0.0983. The Balaban J connectivity index is 2.50. The van der Waals surface area contributed by atoms with Crippen LogP contribution in [0, 0.1) is 6.92 Å². The smallest absolute Gasteiger partial charge is 0.247 e. The fourth-order valence-corrected chi connectivity index (χ4v) is 1.41. The van der Waals surface area contributed by atoms with Gasteiger partial charge in [0.2, 0.25) is 5.56 Å². The topological polar surface area (TPSA) is 58.9 Å². The van der Waals surface area contributed by atoms with Gasteiger partial charge in [0.15, 0.2) is 0 Å². The van der Waals surface area contributed by atoms with Crippen LogP contribution in [-0.2, 0) is 0 Å². The van der Waals surface area contributed by atoms with E-state index in [2.05, 4.69) is 4.98 Å². The number of hydrogen-bond donors (Lipinski definition) is 2. The number of rotatable bonds is 1. The van der Waals surface area contributed by atoms with Gasteiger partial charge in [-0.3, -0.25) is 4.79 Å². The zero-order valence-electron chi connectivity index (χ0n) is 8.45. The molecule has 0 aliphatic rings. The monoisotopic (exact) mass is 200 g/mol. The van der Waals surface area contributed by atoms with Crippen LogP contribution in [0.1, 0.15) is 5.56 Å². The van der Waals surface area contributed by atoms with Gasteiger partial charge in [0.25, 0.3) is 0 Å². The quantitative estimate of drug-likeness (QED) is 0.691. The van der Waals surface area contributed by atoms with E-state index in [1.54, 1.807) is 12.3 Å². The molecule has 1 aromatic carbocycles. The van der Waals surface area contributed by atoms with Gasteiger partial charge in [-0.1, -0.05) is 12.1 Å². The first-order valence-corrected chi connectivity index (χ1v) is 4.72. The molecule has 3 N–H and O–H groups in total. The van der Waals surface area contributed by atoms with E-state index in [4.69, 9.17) is 5.73 Å². The van der Waals surface area contributed by atoms with Gasteiger partial charge in [0, 0.05) is 18.0 Å². The first kappa shape index (κ1) is 9.52. The maximum absolute atomic E-state index is 10.9. The molecule has 0 atom stereocenters. The Morgan fingerprint density at radius 2 is 1.87 bits per heavy atom. The van der Waals surface area contributed by atoms with Crippen LogP contribution in [0.25, 0.3) is 11.1 Å². The maximum Gasteiger partial charge on any atom is 0.247 e. The van der Waals surface area contributed by atoms with E-state index in [1.807, 2.05) is 25.1 Å². The lowest BCUT2D eigenvalue weighted by molar-refractivity contribution is 1.24. The van der Waals surface area contributed by atoms with Gasteiger partial charge in [0.1, 0.15) is 0 Å². The Labute approximate surface area is 87.6 Å². The Morgan fingerprint density at radius 1 is 1.13 bits per heavy atom. The molecule has 0 aliphatic heterocycles. The van der Waals surface area contributed by atoms with Crippen LogP contribution >= 0.6 is 0 Å². The third-order valence-corrected chi connectivity index (χ3v) is 2.40. The molecule has 1 aromatic heterocycles. The van der Waals surface area contributed by atoms with E-state index in [-0.39, 0.29) is 5.56 Å². The van der Waals surface area contributed by atoms with Gasteiger partial charge < -0.3 is 10.7 Å². The van der Waals surface area contributed by atoms with Crippen molar-refractivity contribution in [2.45, 2.75) is 6.92 Å². The molecule has 0 spiro atoms. The molecule has 1 heterocycles. The SMILES string of the molecule is Cc1ccc(-c2ccc(=O)[nH]c2)cc1N. The first-order chi connectivity index (χ1) is 7.16. The molecule has 0 saturated heterocycles. The Bertz CT molecular complexity index is 523. The maximum atomic E-state index is 10.9. The van der Waals surface area contributed by atoms with E-state index < -0.39 is 0 Å². The molecular formula is C12H12N2O. The molecule has 0 unspecified atom stereocenters. The number of nitrogens with one attached hydrogen (secondary N) is 1. The highest BCUT2D eigenvalue weighted by Crippen LogP contribution is 2.22. The number of benzene rings is 1. The van der Waals surface area contributed by atoms with E-state index in [0.717, 1.165) is 22.4 Å². The average Bonchev–Trinajstić information content (AvgIpc) is 2.23. The van der Waals surface area contributed by atoms with Crippen LogP contribution < -0.4 is 11.3 Å². The molecule has 2 aromatic rings. The third kappa shape index (κ3) is 1.91. The van der Waals surface area contributed by atoms with Crippen molar-refractivity contribution in [2.24, 2.45) is 0 Å². The van der Waals surface area contributed by atoms with Gasteiger partial charge in [-0.05, 0) is 35.7 Å². The van der Waals surface area contributed by atoms with Crippen molar-refractivity contribution in [3.05, 3.63) is 52.4 Å². The second kappa shape index (κ2) is 3.61. The summed E-state index contributed by atoms with van der Waals surface area (Å²) in [4.78, 5) is 13.5. The van der Waals surface area contributed by atoms with E-state index in [0.29, 0.717) is 0 Å². The average molecular weight is 200 g/mol. The highest BCUT2D eigenvalue weighted by molar-refractivity contribution is 5.68. The molecule has 0 aliphatic carbocycles. The van der Waals surface area contributed by atoms with Crippen molar-refractivity contribution >= 4 is 5.69 Å². The van der Waals surface area contributed by atoms with Crippen LogP contribution in [0.5, 0.6) is 0 Å². The van der Waals surface area contributed by atoms with Crippen molar-refractivity contribution in [3.8, 4) is 11.1 Å². The van der Waals surface area contributed by atoms with E-state index in [1.165, 1.54) is 6.07 Å². The Morgan fingerprint density at radius 3 is 2.47 bits per heavy atom. The number of aromatic amines is 1. The summed E-state index contributed by atoms with van der Waals surface area (Å²) in [6, 6.07) is 9.15. The Kier molecular flexibility index (Phi) is 2.29. The zero-order valence-corrected chi connectivity index (χ0v) is 8.45. The van der Waals surface area contributed by atoms with Crippen LogP contribution in [0.2, 0.25) is 0 Å². The second-order valence-corrected chi connectivity index (χ2v) is 3.51. The number of nitrogens with two attached hydrogens (primary N) is 1. The molecule has 0 amide bonds. The molecule has 0 fully saturated rings. The minimum absolute atomic E-state index is 0.0983. The number of H-pyrrole nitrogens is 1. The first-order valence-electron chi connectivity index (χ1n) is 4.72. The van der Waals surface area contributed by atoms with Crippen molar-refractivity contribution in [1.82, 2.24) is 4.98 Å². The Hall–Kier alpha value is -2.03. The summed E-state index contributed by atoms with van der Waals surface area (Å²) < 4.78 is 0. The summed E-state index contributed by atoms with van der Waals surface area (Å²) in [7, 11) is 0. The lowest BCUT2D eigenvalue weighted by atomic mass is 10.0. The van der Waals surface area contributed by atoms with Crippen molar-refractivity contribution in [2.75, 3.05) is 5.73 Å². The van der Waals surface area contributed by atoms with Crippen LogP contribution in [0.15, 0.2) is 41.3 Å². The summed E-state index contributed by atoms with van der Waals surface area (Å²) in [6.45, 7) is 1.96. The predicted octanol–water partition coefficient (Wildman–Crippen LogP) is 1.93. The lowest BCUT2D eigenvalue weighted by Crippen LogP contribution is -2.01. The molecule has 15 heavy (non-hydrogen) atoms. The molecule has 3 nitrogen and oxygen atoms in total. The van der Waals surface area contributed by atoms with Crippen LogP contribution in [0.4, 0.5) is 5.69 Å². The standard InChI is InChI=1S/C12H12N2O/c1-8-2-3-9(6-11(8)13)10-4-5-12(15)14-7-10/h2-7H,13H2,1H3,(H,14,15). The van der Waals surface area contributed by atoms with Gasteiger partial charge in [0.05, 0.1) is 0 Å². The van der Waals surface area contributed by atoms with Crippen LogP contribution in [0.3, 0.4) is 0 Å². The van der Waals surface area contributed by atoms with Crippen molar-refractivity contribution < 1.29 is 0 Å². The summed E-state index contributed by atoms with van der Waals surface area (Å²) in [5.41, 5.74) is 9.51. The van der Waals surface area contributed by atoms with Gasteiger partial charge in [-0.2, -0.15) is 0 Å². The normalized spacial score (nSPS) is 10.2. The predicted molar refractivity (Wildman–Crippen MR) is 61.6 cm³/mol. The summed E-state index contributed by atoms with van der Waals surface area (Å²) >= 11 is 0. The molecule has 2 rings (SSSR count).